The molecule has 1 saturated heterocycles. The Bertz CT molecular complexity index is 793. The van der Waals surface area contributed by atoms with Gasteiger partial charge in [0.15, 0.2) is 6.29 Å². The zero-order chi connectivity index (χ0) is 23.3. The van der Waals surface area contributed by atoms with Gasteiger partial charge in [0.25, 0.3) is 0 Å². The summed E-state index contributed by atoms with van der Waals surface area (Å²) in [6.07, 6.45) is 14.5. The molecule has 0 saturated carbocycles. The first kappa shape index (κ1) is 25.9. The first-order valence-electron chi connectivity index (χ1n) is 13.3. The fourth-order valence-electron chi connectivity index (χ4n) is 4.64. The summed E-state index contributed by atoms with van der Waals surface area (Å²) in [5, 5.41) is 0. The van der Waals surface area contributed by atoms with Gasteiger partial charge in [0.1, 0.15) is 5.82 Å². The van der Waals surface area contributed by atoms with Crippen molar-refractivity contribution >= 4 is 0 Å². The molecule has 2 aromatic carbocycles. The highest BCUT2D eigenvalue weighted by Crippen LogP contribution is 2.30. The van der Waals surface area contributed by atoms with Crippen molar-refractivity contribution in [1.29, 1.82) is 0 Å². The quantitative estimate of drug-likeness (QED) is 0.265. The number of rotatable bonds is 14. The second kappa shape index (κ2) is 14.5. The summed E-state index contributed by atoms with van der Waals surface area (Å²) in [6, 6.07) is 13.7. The number of benzene rings is 2. The van der Waals surface area contributed by atoms with E-state index in [-0.39, 0.29) is 12.1 Å². The van der Waals surface area contributed by atoms with Crippen LogP contribution in [0, 0.1) is 11.7 Å². The Morgan fingerprint density at radius 1 is 0.758 bits per heavy atom. The Hall–Kier alpha value is -1.71. The van der Waals surface area contributed by atoms with Gasteiger partial charge in [-0.1, -0.05) is 108 Å². The molecule has 2 aromatic rings. The van der Waals surface area contributed by atoms with Crippen molar-refractivity contribution in [2.45, 2.75) is 97.2 Å². The second-order valence-electron chi connectivity index (χ2n) is 9.67. The predicted molar refractivity (Wildman–Crippen MR) is 136 cm³/mol. The predicted octanol–water partition coefficient (Wildman–Crippen LogP) is 9.03. The Morgan fingerprint density at radius 3 is 2.03 bits per heavy atom. The molecule has 3 heteroatoms. The molecule has 0 atom stereocenters. The number of unbranched alkanes of at least 4 members (excludes halogenated alkanes) is 8. The SMILES string of the molecule is CCCCCCCc1ccc(-c2ccc(C3OCC(CCCCCCC)CO3)cc2)c(F)c1. The van der Waals surface area contributed by atoms with Crippen molar-refractivity contribution in [2.75, 3.05) is 13.2 Å². The van der Waals surface area contributed by atoms with E-state index in [2.05, 4.69) is 19.9 Å². The van der Waals surface area contributed by atoms with Crippen LogP contribution in [0.15, 0.2) is 42.5 Å². The van der Waals surface area contributed by atoms with E-state index >= 15 is 0 Å². The van der Waals surface area contributed by atoms with Gasteiger partial charge >= 0.3 is 0 Å². The minimum atomic E-state index is -0.310. The summed E-state index contributed by atoms with van der Waals surface area (Å²) in [5.74, 6) is 0.363. The molecule has 0 bridgehead atoms. The van der Waals surface area contributed by atoms with E-state index in [4.69, 9.17) is 9.47 Å². The van der Waals surface area contributed by atoms with Crippen LogP contribution in [0.2, 0.25) is 0 Å². The molecule has 0 aromatic heterocycles. The van der Waals surface area contributed by atoms with Crippen LogP contribution in [-0.4, -0.2) is 13.2 Å². The summed E-state index contributed by atoms with van der Waals surface area (Å²) in [6.45, 7) is 5.99. The highest BCUT2D eigenvalue weighted by atomic mass is 19.1. The van der Waals surface area contributed by atoms with E-state index in [0.717, 1.165) is 42.7 Å². The summed E-state index contributed by atoms with van der Waals surface area (Å²) < 4.78 is 26.8. The maximum absolute atomic E-state index is 14.8. The third-order valence-corrected chi connectivity index (χ3v) is 6.78. The number of hydrogen-bond acceptors (Lipinski definition) is 2. The minimum absolute atomic E-state index is 0.138. The van der Waals surface area contributed by atoms with Crippen molar-refractivity contribution in [3.8, 4) is 11.1 Å². The maximum Gasteiger partial charge on any atom is 0.183 e. The van der Waals surface area contributed by atoms with Gasteiger partial charge < -0.3 is 9.47 Å². The Balaban J connectivity index is 1.46. The molecule has 0 aliphatic carbocycles. The van der Waals surface area contributed by atoms with E-state index in [0.29, 0.717) is 11.5 Å². The molecule has 1 aliphatic rings. The fourth-order valence-corrected chi connectivity index (χ4v) is 4.64. The largest absolute Gasteiger partial charge is 0.348 e. The van der Waals surface area contributed by atoms with Crippen LogP contribution in [0.3, 0.4) is 0 Å². The zero-order valence-electron chi connectivity index (χ0n) is 20.8. The smallest absolute Gasteiger partial charge is 0.183 e. The van der Waals surface area contributed by atoms with Gasteiger partial charge in [-0.15, -0.1) is 0 Å². The lowest BCUT2D eigenvalue weighted by molar-refractivity contribution is -0.206. The standard InChI is InChI=1S/C30H43FO2/c1-3-5-7-9-11-13-24-15-20-28(29(31)21-24)26-16-18-27(19-17-26)30-32-22-25(23-33-30)14-12-10-8-6-4-2/h15-21,25,30H,3-14,22-23H2,1-2H3. The summed E-state index contributed by atoms with van der Waals surface area (Å²) >= 11 is 0. The van der Waals surface area contributed by atoms with Gasteiger partial charge in [-0.05, 0) is 36.5 Å². The first-order chi connectivity index (χ1) is 16.2. The lowest BCUT2D eigenvalue weighted by Crippen LogP contribution is -2.27. The summed E-state index contributed by atoms with van der Waals surface area (Å²) in [5.41, 5.74) is 3.65. The van der Waals surface area contributed by atoms with Crippen molar-refractivity contribution in [3.63, 3.8) is 0 Å². The molecule has 2 nitrogen and oxygen atoms in total. The zero-order valence-corrected chi connectivity index (χ0v) is 20.8. The van der Waals surface area contributed by atoms with Crippen LogP contribution in [-0.2, 0) is 15.9 Å². The van der Waals surface area contributed by atoms with Crippen molar-refractivity contribution in [2.24, 2.45) is 5.92 Å². The van der Waals surface area contributed by atoms with E-state index in [1.807, 2.05) is 30.3 Å². The van der Waals surface area contributed by atoms with Gasteiger partial charge in [0.2, 0.25) is 0 Å². The molecule has 3 rings (SSSR count). The Labute approximate surface area is 200 Å². The van der Waals surface area contributed by atoms with Gasteiger partial charge in [0.05, 0.1) is 13.2 Å². The van der Waals surface area contributed by atoms with Crippen molar-refractivity contribution < 1.29 is 13.9 Å². The highest BCUT2D eigenvalue weighted by Gasteiger charge is 2.23. The Morgan fingerprint density at radius 2 is 1.39 bits per heavy atom. The molecule has 0 N–H and O–H groups in total. The van der Waals surface area contributed by atoms with E-state index < -0.39 is 0 Å². The molecule has 1 aliphatic heterocycles. The van der Waals surface area contributed by atoms with Gasteiger partial charge in [-0.2, -0.15) is 0 Å². The first-order valence-corrected chi connectivity index (χ1v) is 13.3. The maximum atomic E-state index is 14.8. The van der Waals surface area contributed by atoms with Crippen LogP contribution in [0.5, 0.6) is 0 Å². The molecule has 0 radical (unpaired) electrons. The molecule has 0 unspecified atom stereocenters. The lowest BCUT2D eigenvalue weighted by Gasteiger charge is -2.29. The number of aryl methyl sites for hydroxylation is 1. The number of hydrogen-bond donors (Lipinski definition) is 0. The second-order valence-corrected chi connectivity index (χ2v) is 9.67. The summed E-state index contributed by atoms with van der Waals surface area (Å²) in [4.78, 5) is 0. The van der Waals surface area contributed by atoms with Crippen LogP contribution in [0.25, 0.3) is 11.1 Å². The Kier molecular flexibility index (Phi) is 11.4. The number of ether oxygens (including phenoxy) is 2. The third-order valence-electron chi connectivity index (χ3n) is 6.78. The van der Waals surface area contributed by atoms with Crippen LogP contribution < -0.4 is 0 Å². The normalized spacial score (nSPS) is 18.5. The van der Waals surface area contributed by atoms with E-state index in [1.165, 1.54) is 64.2 Å². The molecule has 33 heavy (non-hydrogen) atoms. The summed E-state index contributed by atoms with van der Waals surface area (Å²) in [7, 11) is 0. The third kappa shape index (κ3) is 8.54. The molecule has 1 heterocycles. The monoisotopic (exact) mass is 454 g/mol. The molecular formula is C30H43FO2. The lowest BCUT2D eigenvalue weighted by atomic mass is 9.99. The molecule has 0 amide bonds. The molecule has 1 fully saturated rings. The van der Waals surface area contributed by atoms with Gasteiger partial charge in [0, 0.05) is 17.0 Å². The van der Waals surface area contributed by atoms with Crippen molar-refractivity contribution in [3.05, 3.63) is 59.4 Å². The average Bonchev–Trinajstić information content (AvgIpc) is 2.84. The van der Waals surface area contributed by atoms with Crippen molar-refractivity contribution in [1.82, 2.24) is 0 Å². The van der Waals surface area contributed by atoms with Crippen LogP contribution in [0.1, 0.15) is 102 Å². The van der Waals surface area contributed by atoms with Gasteiger partial charge in [-0.3, -0.25) is 0 Å². The van der Waals surface area contributed by atoms with E-state index in [9.17, 15) is 4.39 Å². The molecule has 182 valence electrons. The number of halogens is 1. The topological polar surface area (TPSA) is 18.5 Å². The van der Waals surface area contributed by atoms with E-state index in [1.54, 1.807) is 6.07 Å². The fraction of sp³-hybridized carbons (Fsp3) is 0.600. The molecule has 0 spiro atoms. The van der Waals surface area contributed by atoms with Crippen LogP contribution in [0.4, 0.5) is 4.39 Å². The molecular weight excluding hydrogens is 411 g/mol. The average molecular weight is 455 g/mol. The van der Waals surface area contributed by atoms with Crippen LogP contribution >= 0.6 is 0 Å². The highest BCUT2D eigenvalue weighted by molar-refractivity contribution is 5.64. The minimum Gasteiger partial charge on any atom is -0.348 e. The van der Waals surface area contributed by atoms with Gasteiger partial charge in [-0.25, -0.2) is 4.39 Å².